The zero-order chi connectivity index (χ0) is 13.3. The van der Waals surface area contributed by atoms with Gasteiger partial charge in [-0.2, -0.15) is 0 Å². The van der Waals surface area contributed by atoms with Crippen LogP contribution < -0.4 is 4.74 Å². The van der Waals surface area contributed by atoms with Crippen LogP contribution in [-0.2, 0) is 10.7 Å². The van der Waals surface area contributed by atoms with Gasteiger partial charge in [0.15, 0.2) is 0 Å². The Morgan fingerprint density at radius 2 is 1.94 bits per heavy atom. The van der Waals surface area contributed by atoms with Crippen LogP contribution in [0.15, 0.2) is 12.1 Å². The van der Waals surface area contributed by atoms with Crippen LogP contribution in [0.5, 0.6) is 5.75 Å². The van der Waals surface area contributed by atoms with Gasteiger partial charge in [0.2, 0.25) is 0 Å². The SMILES string of the molecule is CCOc1cc(C(C)(C)C)cc(CBr)c1C1CC1. The molecule has 0 heterocycles. The van der Waals surface area contributed by atoms with Crippen molar-refractivity contribution in [2.45, 2.75) is 57.2 Å². The summed E-state index contributed by atoms with van der Waals surface area (Å²) in [6, 6.07) is 4.61. The largest absolute Gasteiger partial charge is 0.494 e. The van der Waals surface area contributed by atoms with Crippen molar-refractivity contribution in [2.24, 2.45) is 0 Å². The standard InChI is InChI=1S/C16H23BrO/c1-5-18-14-9-13(16(2,3)4)8-12(10-17)15(14)11-6-7-11/h8-9,11H,5-7,10H2,1-4H3. The average Bonchev–Trinajstić information content (AvgIpc) is 3.11. The molecule has 1 fully saturated rings. The Morgan fingerprint density at radius 3 is 2.39 bits per heavy atom. The van der Waals surface area contributed by atoms with E-state index in [2.05, 4.69) is 55.8 Å². The monoisotopic (exact) mass is 310 g/mol. The molecule has 0 saturated heterocycles. The Labute approximate surface area is 119 Å². The van der Waals surface area contributed by atoms with Gasteiger partial charge >= 0.3 is 0 Å². The van der Waals surface area contributed by atoms with E-state index in [9.17, 15) is 0 Å². The number of benzene rings is 1. The third kappa shape index (κ3) is 2.90. The summed E-state index contributed by atoms with van der Waals surface area (Å²) in [4.78, 5) is 0. The zero-order valence-corrected chi connectivity index (χ0v) is 13.4. The Hall–Kier alpha value is -0.500. The Balaban J connectivity index is 2.51. The van der Waals surface area contributed by atoms with Gasteiger partial charge in [-0.3, -0.25) is 0 Å². The second kappa shape index (κ2) is 5.24. The van der Waals surface area contributed by atoms with Gasteiger partial charge in [-0.15, -0.1) is 0 Å². The average molecular weight is 311 g/mol. The number of rotatable bonds is 4. The first-order chi connectivity index (χ1) is 8.47. The molecule has 0 aliphatic heterocycles. The van der Waals surface area contributed by atoms with Gasteiger partial charge in [0.05, 0.1) is 6.61 Å². The molecule has 1 aliphatic rings. The maximum absolute atomic E-state index is 5.90. The molecular weight excluding hydrogens is 288 g/mol. The second-order valence-electron chi connectivity index (χ2n) is 6.14. The summed E-state index contributed by atoms with van der Waals surface area (Å²) in [5, 5.41) is 0.919. The molecule has 2 heteroatoms. The Morgan fingerprint density at radius 1 is 1.28 bits per heavy atom. The minimum Gasteiger partial charge on any atom is -0.494 e. The molecule has 0 aromatic heterocycles. The molecule has 100 valence electrons. The van der Waals surface area contributed by atoms with Crippen LogP contribution in [0.3, 0.4) is 0 Å². The van der Waals surface area contributed by atoms with Crippen molar-refractivity contribution in [3.8, 4) is 5.75 Å². The van der Waals surface area contributed by atoms with Crippen molar-refractivity contribution in [1.82, 2.24) is 0 Å². The molecule has 1 aromatic carbocycles. The molecule has 0 spiro atoms. The van der Waals surface area contributed by atoms with Gasteiger partial charge in [-0.25, -0.2) is 0 Å². The highest BCUT2D eigenvalue weighted by atomic mass is 79.9. The highest BCUT2D eigenvalue weighted by Gasteiger charge is 2.30. The van der Waals surface area contributed by atoms with Crippen LogP contribution in [-0.4, -0.2) is 6.61 Å². The third-order valence-corrected chi connectivity index (χ3v) is 4.13. The molecule has 0 amide bonds. The van der Waals surface area contributed by atoms with Gasteiger partial charge in [-0.05, 0) is 48.3 Å². The van der Waals surface area contributed by atoms with E-state index in [0.29, 0.717) is 0 Å². The van der Waals surface area contributed by atoms with E-state index >= 15 is 0 Å². The quantitative estimate of drug-likeness (QED) is 0.698. The van der Waals surface area contributed by atoms with Gasteiger partial charge in [0.25, 0.3) is 0 Å². The third-order valence-electron chi connectivity index (χ3n) is 3.52. The lowest BCUT2D eigenvalue weighted by atomic mass is 9.84. The first-order valence-corrected chi connectivity index (χ1v) is 7.95. The molecule has 0 radical (unpaired) electrons. The van der Waals surface area contributed by atoms with E-state index in [-0.39, 0.29) is 5.41 Å². The lowest BCUT2D eigenvalue weighted by Gasteiger charge is -2.23. The molecule has 2 rings (SSSR count). The number of alkyl halides is 1. The topological polar surface area (TPSA) is 9.23 Å². The summed E-state index contributed by atoms with van der Waals surface area (Å²) in [5.74, 6) is 1.84. The minimum absolute atomic E-state index is 0.171. The van der Waals surface area contributed by atoms with Crippen LogP contribution in [0.25, 0.3) is 0 Å². The number of halogens is 1. The molecule has 0 N–H and O–H groups in total. The van der Waals surface area contributed by atoms with Gasteiger partial charge < -0.3 is 4.74 Å². The van der Waals surface area contributed by atoms with Crippen molar-refractivity contribution >= 4 is 15.9 Å². The highest BCUT2D eigenvalue weighted by Crippen LogP contribution is 2.47. The minimum atomic E-state index is 0.171. The predicted octanol–water partition coefficient (Wildman–Crippen LogP) is 5.16. The van der Waals surface area contributed by atoms with E-state index < -0.39 is 0 Å². The van der Waals surface area contributed by atoms with Gasteiger partial charge in [-0.1, -0.05) is 42.8 Å². The molecule has 0 unspecified atom stereocenters. The molecule has 1 nitrogen and oxygen atoms in total. The van der Waals surface area contributed by atoms with Crippen LogP contribution >= 0.6 is 15.9 Å². The van der Waals surface area contributed by atoms with Crippen molar-refractivity contribution in [1.29, 1.82) is 0 Å². The molecule has 0 bridgehead atoms. The lowest BCUT2D eigenvalue weighted by molar-refractivity contribution is 0.335. The summed E-state index contributed by atoms with van der Waals surface area (Å²) in [5.41, 5.74) is 4.39. The zero-order valence-electron chi connectivity index (χ0n) is 11.8. The van der Waals surface area contributed by atoms with E-state index in [1.54, 1.807) is 0 Å². The number of hydrogen-bond donors (Lipinski definition) is 0. The van der Waals surface area contributed by atoms with E-state index in [1.165, 1.54) is 29.5 Å². The molecule has 0 atom stereocenters. The lowest BCUT2D eigenvalue weighted by Crippen LogP contribution is -2.13. The van der Waals surface area contributed by atoms with Crippen LogP contribution in [0.2, 0.25) is 0 Å². The van der Waals surface area contributed by atoms with Crippen LogP contribution in [0, 0.1) is 0 Å². The smallest absolute Gasteiger partial charge is 0.123 e. The Bertz CT molecular complexity index is 427. The fourth-order valence-electron chi connectivity index (χ4n) is 2.34. The summed E-state index contributed by atoms with van der Waals surface area (Å²) < 4.78 is 5.90. The predicted molar refractivity (Wildman–Crippen MR) is 80.9 cm³/mol. The van der Waals surface area contributed by atoms with Crippen molar-refractivity contribution in [2.75, 3.05) is 6.61 Å². The normalized spacial score (nSPS) is 15.8. The fourth-order valence-corrected chi connectivity index (χ4v) is 2.80. The first-order valence-electron chi connectivity index (χ1n) is 6.83. The van der Waals surface area contributed by atoms with Crippen LogP contribution in [0.4, 0.5) is 0 Å². The van der Waals surface area contributed by atoms with Crippen LogP contribution in [0.1, 0.15) is 63.1 Å². The molecule has 1 aromatic rings. The first kappa shape index (κ1) is 13.9. The summed E-state index contributed by atoms with van der Waals surface area (Å²) in [6.07, 6.45) is 2.63. The highest BCUT2D eigenvalue weighted by molar-refractivity contribution is 9.08. The van der Waals surface area contributed by atoms with E-state index in [0.717, 1.165) is 23.6 Å². The maximum Gasteiger partial charge on any atom is 0.123 e. The molecular formula is C16H23BrO. The second-order valence-corrected chi connectivity index (χ2v) is 6.70. The fraction of sp³-hybridized carbons (Fsp3) is 0.625. The van der Waals surface area contributed by atoms with E-state index in [4.69, 9.17) is 4.74 Å². The van der Waals surface area contributed by atoms with Crippen molar-refractivity contribution < 1.29 is 4.74 Å². The van der Waals surface area contributed by atoms with Crippen molar-refractivity contribution in [3.63, 3.8) is 0 Å². The summed E-state index contributed by atoms with van der Waals surface area (Å²) >= 11 is 3.64. The number of hydrogen-bond acceptors (Lipinski definition) is 1. The summed E-state index contributed by atoms with van der Waals surface area (Å²) in [7, 11) is 0. The van der Waals surface area contributed by atoms with Gasteiger partial charge in [0, 0.05) is 10.9 Å². The number of ether oxygens (including phenoxy) is 1. The molecule has 1 aliphatic carbocycles. The summed E-state index contributed by atoms with van der Waals surface area (Å²) in [6.45, 7) is 9.58. The van der Waals surface area contributed by atoms with E-state index in [1.807, 2.05) is 0 Å². The molecule has 1 saturated carbocycles. The Kier molecular flexibility index (Phi) is 4.05. The maximum atomic E-state index is 5.90. The molecule has 18 heavy (non-hydrogen) atoms. The van der Waals surface area contributed by atoms with Crippen molar-refractivity contribution in [3.05, 3.63) is 28.8 Å². The van der Waals surface area contributed by atoms with Gasteiger partial charge in [0.1, 0.15) is 5.75 Å².